The van der Waals surface area contributed by atoms with E-state index < -0.39 is 0 Å². The van der Waals surface area contributed by atoms with Crippen molar-refractivity contribution in [3.05, 3.63) is 0 Å². The standard InChI is InChI=1S/C10H20N2OS/c1-3-14-9-5-4-8(6-9)12-10(13)7(2)11/h7-9H,3-6,11H2,1-2H3,(H,12,13). The summed E-state index contributed by atoms with van der Waals surface area (Å²) in [5.74, 6) is 1.15. The number of carbonyl (C=O) groups is 1. The fourth-order valence-corrected chi connectivity index (χ4v) is 2.93. The van der Waals surface area contributed by atoms with Crippen LogP contribution in [0.3, 0.4) is 0 Å². The molecule has 82 valence electrons. The van der Waals surface area contributed by atoms with E-state index in [9.17, 15) is 4.79 Å². The van der Waals surface area contributed by atoms with Gasteiger partial charge < -0.3 is 11.1 Å². The Morgan fingerprint density at radius 1 is 1.64 bits per heavy atom. The van der Waals surface area contributed by atoms with Crippen molar-refractivity contribution >= 4 is 17.7 Å². The summed E-state index contributed by atoms with van der Waals surface area (Å²) in [4.78, 5) is 11.3. The van der Waals surface area contributed by atoms with Gasteiger partial charge >= 0.3 is 0 Å². The zero-order chi connectivity index (χ0) is 10.6. The van der Waals surface area contributed by atoms with Crippen molar-refractivity contribution < 1.29 is 4.79 Å². The number of nitrogens with one attached hydrogen (secondary N) is 1. The monoisotopic (exact) mass is 216 g/mol. The molecule has 0 aromatic rings. The molecular weight excluding hydrogens is 196 g/mol. The summed E-state index contributed by atoms with van der Waals surface area (Å²) in [6, 6.07) is -0.0228. The van der Waals surface area contributed by atoms with E-state index in [0.717, 1.165) is 18.1 Å². The highest BCUT2D eigenvalue weighted by atomic mass is 32.2. The van der Waals surface area contributed by atoms with Crippen LogP contribution in [-0.2, 0) is 4.79 Å². The van der Waals surface area contributed by atoms with E-state index in [2.05, 4.69) is 12.2 Å². The predicted octanol–water partition coefficient (Wildman–Crippen LogP) is 1.12. The maximum atomic E-state index is 11.3. The van der Waals surface area contributed by atoms with Gasteiger partial charge in [-0.2, -0.15) is 11.8 Å². The highest BCUT2D eigenvalue weighted by Gasteiger charge is 2.26. The number of carbonyl (C=O) groups excluding carboxylic acids is 1. The van der Waals surface area contributed by atoms with E-state index in [1.807, 2.05) is 11.8 Å². The van der Waals surface area contributed by atoms with E-state index >= 15 is 0 Å². The molecule has 0 heterocycles. The highest BCUT2D eigenvalue weighted by Crippen LogP contribution is 2.29. The Kier molecular flexibility index (Phi) is 4.75. The Morgan fingerprint density at radius 3 is 2.93 bits per heavy atom. The fourth-order valence-electron chi connectivity index (χ4n) is 1.79. The molecule has 0 bridgehead atoms. The minimum absolute atomic E-state index is 0.0165. The predicted molar refractivity (Wildman–Crippen MR) is 61.4 cm³/mol. The molecule has 1 saturated carbocycles. The normalized spacial score (nSPS) is 28.8. The second kappa shape index (κ2) is 5.61. The van der Waals surface area contributed by atoms with Gasteiger partial charge in [0.15, 0.2) is 0 Å². The van der Waals surface area contributed by atoms with Crippen molar-refractivity contribution in [1.82, 2.24) is 5.32 Å². The van der Waals surface area contributed by atoms with E-state index in [1.54, 1.807) is 6.92 Å². The third-order valence-corrected chi connectivity index (χ3v) is 3.78. The summed E-state index contributed by atoms with van der Waals surface area (Å²) in [5, 5.41) is 3.72. The van der Waals surface area contributed by atoms with Crippen molar-refractivity contribution in [2.24, 2.45) is 5.73 Å². The van der Waals surface area contributed by atoms with Crippen LogP contribution in [0.1, 0.15) is 33.1 Å². The SMILES string of the molecule is CCSC1CCC(NC(=O)C(C)N)C1. The zero-order valence-electron chi connectivity index (χ0n) is 8.95. The second-order valence-corrected chi connectivity index (χ2v) is 5.46. The van der Waals surface area contributed by atoms with Gasteiger partial charge in [0.1, 0.15) is 0 Å². The van der Waals surface area contributed by atoms with Crippen LogP contribution in [0.5, 0.6) is 0 Å². The van der Waals surface area contributed by atoms with Crippen molar-refractivity contribution in [2.45, 2.75) is 50.4 Å². The molecular formula is C10H20N2OS. The number of rotatable bonds is 4. The van der Waals surface area contributed by atoms with Crippen LogP contribution in [-0.4, -0.2) is 29.0 Å². The van der Waals surface area contributed by atoms with Crippen LogP contribution in [0.15, 0.2) is 0 Å². The van der Waals surface area contributed by atoms with Crippen molar-refractivity contribution in [1.29, 1.82) is 0 Å². The van der Waals surface area contributed by atoms with E-state index in [1.165, 1.54) is 12.2 Å². The van der Waals surface area contributed by atoms with Crippen molar-refractivity contribution in [3.63, 3.8) is 0 Å². The molecule has 0 spiro atoms. The third kappa shape index (κ3) is 3.50. The fraction of sp³-hybridized carbons (Fsp3) is 0.900. The molecule has 3 nitrogen and oxygen atoms in total. The van der Waals surface area contributed by atoms with Crippen LogP contribution in [0.4, 0.5) is 0 Å². The minimum atomic E-state index is -0.382. The molecule has 3 unspecified atom stereocenters. The van der Waals surface area contributed by atoms with Crippen LogP contribution in [0.25, 0.3) is 0 Å². The molecule has 14 heavy (non-hydrogen) atoms. The summed E-state index contributed by atoms with van der Waals surface area (Å²) in [5.41, 5.74) is 5.49. The lowest BCUT2D eigenvalue weighted by atomic mass is 10.2. The first-order valence-electron chi connectivity index (χ1n) is 5.31. The second-order valence-electron chi connectivity index (χ2n) is 3.88. The maximum Gasteiger partial charge on any atom is 0.236 e. The molecule has 4 heteroatoms. The number of hydrogen-bond donors (Lipinski definition) is 2. The molecule has 3 atom stereocenters. The molecule has 1 aliphatic carbocycles. The lowest BCUT2D eigenvalue weighted by Crippen LogP contribution is -2.43. The van der Waals surface area contributed by atoms with Gasteiger partial charge in [0, 0.05) is 11.3 Å². The largest absolute Gasteiger partial charge is 0.352 e. The Hall–Kier alpha value is -0.220. The van der Waals surface area contributed by atoms with E-state index in [-0.39, 0.29) is 11.9 Å². The number of amides is 1. The summed E-state index contributed by atoms with van der Waals surface area (Å²) >= 11 is 2.00. The lowest BCUT2D eigenvalue weighted by Gasteiger charge is -2.14. The van der Waals surface area contributed by atoms with Crippen LogP contribution >= 0.6 is 11.8 Å². The molecule has 3 N–H and O–H groups in total. The van der Waals surface area contributed by atoms with Gasteiger partial charge in [-0.3, -0.25) is 4.79 Å². The molecule has 1 fully saturated rings. The molecule has 0 saturated heterocycles. The molecule has 0 aliphatic heterocycles. The summed E-state index contributed by atoms with van der Waals surface area (Å²) < 4.78 is 0. The smallest absolute Gasteiger partial charge is 0.236 e. The number of hydrogen-bond acceptors (Lipinski definition) is 3. The van der Waals surface area contributed by atoms with Gasteiger partial charge in [0.25, 0.3) is 0 Å². The van der Waals surface area contributed by atoms with E-state index in [0.29, 0.717) is 6.04 Å². The van der Waals surface area contributed by atoms with Crippen molar-refractivity contribution in [3.8, 4) is 0 Å². The van der Waals surface area contributed by atoms with Crippen LogP contribution < -0.4 is 11.1 Å². The van der Waals surface area contributed by atoms with Crippen LogP contribution in [0.2, 0.25) is 0 Å². The topological polar surface area (TPSA) is 55.1 Å². The molecule has 1 amide bonds. The summed E-state index contributed by atoms with van der Waals surface area (Å²) in [6.07, 6.45) is 3.44. The average molecular weight is 216 g/mol. The van der Waals surface area contributed by atoms with Gasteiger partial charge in [-0.05, 0) is 31.9 Å². The van der Waals surface area contributed by atoms with Gasteiger partial charge in [0.2, 0.25) is 5.91 Å². The van der Waals surface area contributed by atoms with Gasteiger partial charge in [0.05, 0.1) is 6.04 Å². The summed E-state index contributed by atoms with van der Waals surface area (Å²) in [7, 11) is 0. The summed E-state index contributed by atoms with van der Waals surface area (Å²) in [6.45, 7) is 3.90. The Bertz CT molecular complexity index is 197. The van der Waals surface area contributed by atoms with Crippen molar-refractivity contribution in [2.75, 3.05) is 5.75 Å². The number of thioether (sulfide) groups is 1. The van der Waals surface area contributed by atoms with Crippen LogP contribution in [0, 0.1) is 0 Å². The molecule has 0 radical (unpaired) electrons. The van der Waals surface area contributed by atoms with Gasteiger partial charge in [-0.1, -0.05) is 6.92 Å². The average Bonchev–Trinajstić information content (AvgIpc) is 2.53. The molecule has 0 aromatic carbocycles. The first-order valence-corrected chi connectivity index (χ1v) is 6.36. The first kappa shape index (κ1) is 11.9. The third-order valence-electron chi connectivity index (χ3n) is 2.55. The Balaban J connectivity index is 2.25. The van der Waals surface area contributed by atoms with Gasteiger partial charge in [-0.15, -0.1) is 0 Å². The first-order chi connectivity index (χ1) is 6.63. The Labute approximate surface area is 90.2 Å². The Morgan fingerprint density at radius 2 is 2.36 bits per heavy atom. The van der Waals surface area contributed by atoms with E-state index in [4.69, 9.17) is 5.73 Å². The molecule has 0 aromatic heterocycles. The van der Waals surface area contributed by atoms with Gasteiger partial charge in [-0.25, -0.2) is 0 Å². The molecule has 1 aliphatic rings. The lowest BCUT2D eigenvalue weighted by molar-refractivity contribution is -0.122. The maximum absolute atomic E-state index is 11.3. The number of nitrogens with two attached hydrogens (primary N) is 1. The minimum Gasteiger partial charge on any atom is -0.352 e. The molecule has 1 rings (SSSR count). The quantitative estimate of drug-likeness (QED) is 0.740. The zero-order valence-corrected chi connectivity index (χ0v) is 9.77. The highest BCUT2D eigenvalue weighted by molar-refractivity contribution is 7.99.